The van der Waals surface area contributed by atoms with Gasteiger partial charge in [-0.25, -0.2) is 4.79 Å². The Morgan fingerprint density at radius 1 is 1.29 bits per heavy atom. The van der Waals surface area contributed by atoms with Crippen LogP contribution in [0.5, 0.6) is 0 Å². The van der Waals surface area contributed by atoms with Gasteiger partial charge >= 0.3 is 5.97 Å². The number of methoxy groups -OCH3 is 2. The number of carbonyl (C=O) groups excluding carboxylic acids is 3. The van der Waals surface area contributed by atoms with E-state index in [4.69, 9.17) is 14.2 Å². The first-order valence-corrected chi connectivity index (χ1v) is 6.30. The maximum atomic E-state index is 12.3. The molecule has 0 radical (unpaired) electrons. The van der Waals surface area contributed by atoms with Gasteiger partial charge in [0.1, 0.15) is 5.69 Å². The molecule has 1 aliphatic rings. The van der Waals surface area contributed by atoms with Crippen molar-refractivity contribution >= 4 is 17.5 Å². The Morgan fingerprint density at radius 3 is 2.57 bits per heavy atom. The lowest BCUT2D eigenvalue weighted by molar-refractivity contribution is 0.0515. The first-order chi connectivity index (χ1) is 10.0. The molecule has 0 atom stereocenters. The number of fused-ring (bicyclic) bond motifs is 1. The van der Waals surface area contributed by atoms with Crippen LogP contribution >= 0.6 is 0 Å². The zero-order chi connectivity index (χ0) is 15.6. The fourth-order valence-corrected chi connectivity index (χ4v) is 2.17. The Kier molecular flexibility index (Phi) is 4.23. The average Bonchev–Trinajstić information content (AvgIpc) is 2.84. The number of rotatable bonds is 5. The molecule has 2 rings (SSSR count). The van der Waals surface area contributed by atoms with Gasteiger partial charge in [-0.15, -0.1) is 0 Å². The van der Waals surface area contributed by atoms with Gasteiger partial charge in [-0.2, -0.15) is 0 Å². The van der Waals surface area contributed by atoms with Gasteiger partial charge in [0.05, 0.1) is 31.6 Å². The highest BCUT2D eigenvalue weighted by molar-refractivity contribution is 6.24. The van der Waals surface area contributed by atoms with Crippen LogP contribution in [0.2, 0.25) is 0 Å². The summed E-state index contributed by atoms with van der Waals surface area (Å²) in [4.78, 5) is 38.9. The van der Waals surface area contributed by atoms with E-state index < -0.39 is 17.5 Å². The van der Waals surface area contributed by atoms with Crippen molar-refractivity contribution in [2.24, 2.45) is 0 Å². The Labute approximate surface area is 120 Å². The lowest BCUT2D eigenvalue weighted by Crippen LogP contribution is -2.18. The van der Waals surface area contributed by atoms with Crippen LogP contribution in [0.15, 0.2) is 11.8 Å². The first kappa shape index (κ1) is 15.0. The van der Waals surface area contributed by atoms with Gasteiger partial charge in [0.15, 0.2) is 5.76 Å². The van der Waals surface area contributed by atoms with E-state index in [0.29, 0.717) is 5.56 Å². The summed E-state index contributed by atoms with van der Waals surface area (Å²) in [5, 5.41) is 0. The molecule has 1 heterocycles. The van der Waals surface area contributed by atoms with E-state index in [1.807, 2.05) is 0 Å². The number of ether oxygens (including phenoxy) is 3. The van der Waals surface area contributed by atoms with Crippen molar-refractivity contribution in [1.82, 2.24) is 4.98 Å². The molecule has 7 nitrogen and oxygen atoms in total. The molecule has 1 aromatic rings. The quantitative estimate of drug-likeness (QED) is 0.821. The van der Waals surface area contributed by atoms with Gasteiger partial charge in [0.25, 0.3) is 0 Å². The van der Waals surface area contributed by atoms with Crippen LogP contribution in [0.1, 0.15) is 43.8 Å². The molecular weight excluding hydrogens is 278 g/mol. The summed E-state index contributed by atoms with van der Waals surface area (Å²) >= 11 is 0. The van der Waals surface area contributed by atoms with E-state index in [1.54, 1.807) is 6.92 Å². The largest absolute Gasteiger partial charge is 0.492 e. The summed E-state index contributed by atoms with van der Waals surface area (Å²) in [5.74, 6) is -1.61. The molecule has 0 aliphatic heterocycles. The van der Waals surface area contributed by atoms with E-state index in [2.05, 4.69) is 4.98 Å². The number of hydrogen-bond acceptors (Lipinski definition) is 6. The summed E-state index contributed by atoms with van der Waals surface area (Å²) in [6, 6.07) is 0. The van der Waals surface area contributed by atoms with Gasteiger partial charge in [-0.1, -0.05) is 0 Å². The van der Waals surface area contributed by atoms with E-state index in [-0.39, 0.29) is 35.9 Å². The Morgan fingerprint density at radius 2 is 2.00 bits per heavy atom. The molecule has 0 aromatic carbocycles. The summed E-state index contributed by atoms with van der Waals surface area (Å²) < 4.78 is 14.8. The van der Waals surface area contributed by atoms with Crippen molar-refractivity contribution in [3.63, 3.8) is 0 Å². The van der Waals surface area contributed by atoms with Crippen molar-refractivity contribution < 1.29 is 28.6 Å². The van der Waals surface area contributed by atoms with Crippen molar-refractivity contribution in [2.75, 3.05) is 20.8 Å². The van der Waals surface area contributed by atoms with E-state index in [9.17, 15) is 14.4 Å². The van der Waals surface area contributed by atoms with Crippen molar-refractivity contribution in [3.8, 4) is 0 Å². The van der Waals surface area contributed by atoms with Crippen molar-refractivity contribution in [2.45, 2.75) is 13.5 Å². The van der Waals surface area contributed by atoms with Crippen LogP contribution in [0.25, 0.3) is 0 Å². The zero-order valence-electron chi connectivity index (χ0n) is 11.9. The van der Waals surface area contributed by atoms with E-state index in [0.717, 1.165) is 6.08 Å². The number of carbonyl (C=O) groups is 3. The number of nitrogens with one attached hydrogen (secondary N) is 1. The van der Waals surface area contributed by atoms with Crippen LogP contribution < -0.4 is 0 Å². The third kappa shape index (κ3) is 2.47. The molecule has 0 spiro atoms. The SMILES string of the molecule is CCOC(=O)c1[nH]c2c(c1COC)C(=O)C(OC)=CC2=O. The topological polar surface area (TPSA) is 94.7 Å². The first-order valence-electron chi connectivity index (χ1n) is 6.30. The van der Waals surface area contributed by atoms with Gasteiger partial charge in [0, 0.05) is 18.7 Å². The fraction of sp³-hybridized carbons (Fsp3) is 0.357. The molecule has 1 N–H and O–H groups in total. The predicted molar refractivity (Wildman–Crippen MR) is 71.2 cm³/mol. The molecule has 1 aromatic heterocycles. The highest BCUT2D eigenvalue weighted by Gasteiger charge is 2.34. The van der Waals surface area contributed by atoms with Crippen LogP contribution in [0.4, 0.5) is 0 Å². The summed E-state index contributed by atoms with van der Waals surface area (Å²) in [7, 11) is 2.73. The number of hydrogen-bond donors (Lipinski definition) is 1. The highest BCUT2D eigenvalue weighted by Crippen LogP contribution is 2.28. The standard InChI is InChI=1S/C14H15NO6/c1-4-21-14(18)11-7(6-19-2)10-12(15-11)8(16)5-9(20-3)13(10)17/h5,15H,4,6H2,1-3H3. The molecule has 0 amide bonds. The van der Waals surface area contributed by atoms with Crippen LogP contribution in [-0.2, 0) is 20.8 Å². The predicted octanol–water partition coefficient (Wildman–Crippen LogP) is 1.25. The number of esters is 1. The van der Waals surface area contributed by atoms with E-state index in [1.165, 1.54) is 14.2 Å². The molecule has 112 valence electrons. The maximum Gasteiger partial charge on any atom is 0.355 e. The monoisotopic (exact) mass is 293 g/mol. The molecule has 21 heavy (non-hydrogen) atoms. The number of aromatic amines is 1. The molecule has 1 aliphatic carbocycles. The molecule has 0 unspecified atom stereocenters. The number of aromatic nitrogens is 1. The van der Waals surface area contributed by atoms with E-state index >= 15 is 0 Å². The minimum atomic E-state index is -0.640. The lowest BCUT2D eigenvalue weighted by atomic mass is 9.96. The maximum absolute atomic E-state index is 12.3. The van der Waals surface area contributed by atoms with Gasteiger partial charge < -0.3 is 19.2 Å². The van der Waals surface area contributed by atoms with Crippen molar-refractivity contribution in [1.29, 1.82) is 0 Å². The zero-order valence-corrected chi connectivity index (χ0v) is 11.9. The minimum absolute atomic E-state index is 0.00397. The summed E-state index contributed by atoms with van der Waals surface area (Å²) in [6.45, 7) is 1.84. The molecule has 0 fully saturated rings. The molecule has 7 heteroatoms. The Hall–Kier alpha value is -2.41. The Bertz CT molecular complexity index is 640. The van der Waals surface area contributed by atoms with Crippen LogP contribution in [-0.4, -0.2) is 43.3 Å². The normalized spacial score (nSPS) is 13.8. The summed E-state index contributed by atoms with van der Waals surface area (Å²) in [6.07, 6.45) is 1.09. The highest BCUT2D eigenvalue weighted by atomic mass is 16.5. The second-order valence-corrected chi connectivity index (χ2v) is 4.29. The number of allylic oxidation sites excluding steroid dienone is 2. The molecule has 0 saturated carbocycles. The van der Waals surface area contributed by atoms with Crippen LogP contribution in [0, 0.1) is 0 Å². The molecular formula is C14H15NO6. The second-order valence-electron chi connectivity index (χ2n) is 4.29. The third-order valence-corrected chi connectivity index (χ3v) is 3.05. The number of Topliss-reactive ketones (excluding diaryl/α,β-unsaturated/α-hetero) is 1. The average molecular weight is 293 g/mol. The summed E-state index contributed by atoms with van der Waals surface area (Å²) in [5.41, 5.74) is 0.503. The molecule has 0 saturated heterocycles. The van der Waals surface area contributed by atoms with Gasteiger partial charge in [0.2, 0.25) is 11.6 Å². The van der Waals surface area contributed by atoms with Crippen molar-refractivity contribution in [3.05, 3.63) is 34.3 Å². The number of ketones is 2. The van der Waals surface area contributed by atoms with Gasteiger partial charge in [-0.3, -0.25) is 9.59 Å². The third-order valence-electron chi connectivity index (χ3n) is 3.05. The second kappa shape index (κ2) is 5.92. The lowest BCUT2D eigenvalue weighted by Gasteiger charge is -2.12. The van der Waals surface area contributed by atoms with Crippen LogP contribution in [0.3, 0.4) is 0 Å². The fourth-order valence-electron chi connectivity index (χ4n) is 2.17. The smallest absolute Gasteiger partial charge is 0.355 e. The molecule has 0 bridgehead atoms. The minimum Gasteiger partial charge on any atom is -0.492 e. The Balaban J connectivity index is 2.60. The number of H-pyrrole nitrogens is 1. The van der Waals surface area contributed by atoms with Gasteiger partial charge in [-0.05, 0) is 6.92 Å².